The molecule has 1 heterocycles. The molecule has 8 heteroatoms. The zero-order valence-corrected chi connectivity index (χ0v) is 11.3. The second-order valence-electron chi connectivity index (χ2n) is 4.77. The summed E-state index contributed by atoms with van der Waals surface area (Å²) in [6.07, 6.45) is -2.95. The van der Waals surface area contributed by atoms with E-state index in [1.807, 2.05) is 0 Å². The Morgan fingerprint density at radius 3 is 2.30 bits per heavy atom. The molecule has 1 N–H and O–H groups in total. The molecule has 1 aliphatic heterocycles. The average molecular weight is 298 g/mol. The third kappa shape index (κ3) is 3.47. The van der Waals surface area contributed by atoms with E-state index in [0.717, 1.165) is 4.90 Å². The molecule has 1 saturated heterocycles. The summed E-state index contributed by atoms with van der Waals surface area (Å²) < 4.78 is 49.6. The Hall–Kier alpha value is -1.18. The number of hydrogen-bond acceptors (Lipinski definition) is 3. The van der Waals surface area contributed by atoms with Gasteiger partial charge in [0, 0.05) is 6.04 Å². The normalized spacial score (nSPS) is 20.6. The number of imide groups is 1. The van der Waals surface area contributed by atoms with Crippen LogP contribution in [0.1, 0.15) is 33.1 Å². The summed E-state index contributed by atoms with van der Waals surface area (Å²) in [5.74, 6) is -5.29. The maximum absolute atomic E-state index is 12.8. The Labute approximate surface area is 114 Å². The summed E-state index contributed by atoms with van der Waals surface area (Å²) in [6.45, 7) is 2.28. The van der Waals surface area contributed by atoms with Gasteiger partial charge in [-0.25, -0.2) is 8.78 Å². The molecule has 4 nitrogen and oxygen atoms in total. The minimum absolute atomic E-state index is 0.269. The summed E-state index contributed by atoms with van der Waals surface area (Å²) in [5.41, 5.74) is 0. The lowest BCUT2D eigenvalue weighted by Crippen LogP contribution is -2.47. The first-order valence-corrected chi connectivity index (χ1v) is 6.49. The van der Waals surface area contributed by atoms with Crippen LogP contribution in [0, 0.1) is 0 Å². The Bertz CT molecular complexity index is 372. The van der Waals surface area contributed by atoms with Crippen LogP contribution in [0.4, 0.5) is 17.6 Å². The molecule has 20 heavy (non-hydrogen) atoms. The van der Waals surface area contributed by atoms with Crippen molar-refractivity contribution in [2.45, 2.75) is 57.5 Å². The van der Waals surface area contributed by atoms with Crippen molar-refractivity contribution in [2.75, 3.05) is 6.54 Å². The summed E-state index contributed by atoms with van der Waals surface area (Å²) in [4.78, 5) is 24.8. The quantitative estimate of drug-likeness (QED) is 0.576. The molecule has 1 rings (SSSR count). The van der Waals surface area contributed by atoms with Crippen molar-refractivity contribution in [1.82, 2.24) is 10.2 Å². The van der Waals surface area contributed by atoms with Gasteiger partial charge in [-0.3, -0.25) is 19.8 Å². The molecule has 0 saturated carbocycles. The highest BCUT2D eigenvalue weighted by atomic mass is 19.3. The fourth-order valence-corrected chi connectivity index (χ4v) is 2.18. The lowest BCUT2D eigenvalue weighted by atomic mass is 10.1. The number of hydrogen-bond donors (Lipinski definition) is 1. The fraction of sp³-hybridized carbons (Fsp3) is 0.833. The number of alkyl halides is 4. The highest BCUT2D eigenvalue weighted by Crippen LogP contribution is 2.24. The number of amides is 2. The lowest BCUT2D eigenvalue weighted by Gasteiger charge is -2.24. The summed E-state index contributed by atoms with van der Waals surface area (Å²) in [6, 6.07) is -1.43. The number of carbonyl (C=O) groups excluding carboxylic acids is 2. The first kappa shape index (κ1) is 16.9. The lowest BCUT2D eigenvalue weighted by molar-refractivity contribution is -0.142. The van der Waals surface area contributed by atoms with Crippen molar-refractivity contribution < 1.29 is 27.2 Å². The van der Waals surface area contributed by atoms with E-state index >= 15 is 0 Å². The predicted octanol–water partition coefficient (Wildman–Crippen LogP) is 1.79. The van der Waals surface area contributed by atoms with Gasteiger partial charge in [-0.1, -0.05) is 13.8 Å². The standard InChI is InChI=1S/C12H18F4N2O2/c1-3-7(4-2)18-9(19)5-8(10(18)20)17-6-12(15,16)11(13)14/h7-8,11,17H,3-6H2,1-2H3. The van der Waals surface area contributed by atoms with Crippen LogP contribution in [0.3, 0.4) is 0 Å². The van der Waals surface area contributed by atoms with Gasteiger partial charge in [-0.2, -0.15) is 8.78 Å². The number of halogens is 4. The minimum atomic E-state index is -4.22. The van der Waals surface area contributed by atoms with E-state index in [-0.39, 0.29) is 12.5 Å². The van der Waals surface area contributed by atoms with Gasteiger partial charge in [0.25, 0.3) is 0 Å². The number of rotatable bonds is 7. The summed E-state index contributed by atoms with van der Waals surface area (Å²) in [7, 11) is 0. The summed E-state index contributed by atoms with van der Waals surface area (Å²) in [5, 5.41) is 2.07. The molecule has 2 amide bonds. The number of carbonyl (C=O) groups is 2. The van der Waals surface area contributed by atoms with Crippen molar-refractivity contribution in [3.63, 3.8) is 0 Å². The highest BCUT2D eigenvalue weighted by Gasteiger charge is 2.45. The Morgan fingerprint density at radius 2 is 1.85 bits per heavy atom. The van der Waals surface area contributed by atoms with Gasteiger partial charge in [-0.05, 0) is 12.8 Å². The van der Waals surface area contributed by atoms with Crippen molar-refractivity contribution in [3.8, 4) is 0 Å². The first-order chi connectivity index (χ1) is 9.24. The zero-order valence-electron chi connectivity index (χ0n) is 11.3. The molecule has 0 aromatic heterocycles. The van der Waals surface area contributed by atoms with Gasteiger partial charge < -0.3 is 0 Å². The Balaban J connectivity index is 2.67. The topological polar surface area (TPSA) is 49.4 Å². The highest BCUT2D eigenvalue weighted by molar-refractivity contribution is 6.05. The van der Waals surface area contributed by atoms with E-state index in [1.165, 1.54) is 0 Å². The third-order valence-corrected chi connectivity index (χ3v) is 3.39. The molecule has 1 atom stereocenters. The van der Waals surface area contributed by atoms with Crippen molar-refractivity contribution >= 4 is 11.8 Å². The van der Waals surface area contributed by atoms with E-state index < -0.39 is 36.7 Å². The van der Waals surface area contributed by atoms with Crippen molar-refractivity contribution in [2.24, 2.45) is 0 Å². The van der Waals surface area contributed by atoms with Gasteiger partial charge in [0.15, 0.2) is 0 Å². The van der Waals surface area contributed by atoms with Crippen LogP contribution in [0.5, 0.6) is 0 Å². The molecule has 0 radical (unpaired) electrons. The largest absolute Gasteiger partial charge is 0.319 e. The van der Waals surface area contributed by atoms with Crippen LogP contribution in [-0.4, -0.2) is 47.7 Å². The number of nitrogens with one attached hydrogen (secondary N) is 1. The minimum Gasteiger partial charge on any atom is -0.299 e. The van der Waals surface area contributed by atoms with Crippen LogP contribution < -0.4 is 5.32 Å². The van der Waals surface area contributed by atoms with Crippen LogP contribution in [0.2, 0.25) is 0 Å². The van der Waals surface area contributed by atoms with Crippen molar-refractivity contribution in [1.29, 1.82) is 0 Å². The van der Waals surface area contributed by atoms with Crippen LogP contribution in [0.15, 0.2) is 0 Å². The van der Waals surface area contributed by atoms with Gasteiger partial charge in [0.2, 0.25) is 11.8 Å². The number of nitrogens with zero attached hydrogens (tertiary/aromatic N) is 1. The molecule has 0 bridgehead atoms. The molecule has 0 aromatic rings. The smallest absolute Gasteiger partial charge is 0.299 e. The van der Waals surface area contributed by atoms with Crippen LogP contribution in [0.25, 0.3) is 0 Å². The van der Waals surface area contributed by atoms with Gasteiger partial charge in [-0.15, -0.1) is 0 Å². The molecular weight excluding hydrogens is 280 g/mol. The van der Waals surface area contributed by atoms with E-state index in [2.05, 4.69) is 5.32 Å². The molecule has 1 unspecified atom stereocenters. The monoisotopic (exact) mass is 298 g/mol. The molecule has 0 spiro atoms. The second kappa shape index (κ2) is 6.51. The van der Waals surface area contributed by atoms with Crippen LogP contribution in [-0.2, 0) is 9.59 Å². The van der Waals surface area contributed by atoms with E-state index in [4.69, 9.17) is 0 Å². The average Bonchev–Trinajstić information content (AvgIpc) is 2.65. The van der Waals surface area contributed by atoms with Crippen LogP contribution >= 0.6 is 0 Å². The Morgan fingerprint density at radius 1 is 1.30 bits per heavy atom. The molecule has 0 aromatic carbocycles. The molecular formula is C12H18F4N2O2. The SMILES string of the molecule is CCC(CC)N1C(=O)CC(NCC(F)(F)C(F)F)C1=O. The van der Waals surface area contributed by atoms with Gasteiger partial charge in [0.05, 0.1) is 19.0 Å². The molecule has 116 valence electrons. The van der Waals surface area contributed by atoms with Gasteiger partial charge in [0.1, 0.15) is 0 Å². The predicted molar refractivity (Wildman–Crippen MR) is 63.6 cm³/mol. The maximum atomic E-state index is 12.8. The first-order valence-electron chi connectivity index (χ1n) is 6.49. The van der Waals surface area contributed by atoms with E-state index in [1.54, 1.807) is 13.8 Å². The molecule has 0 aliphatic carbocycles. The maximum Gasteiger partial charge on any atom is 0.319 e. The van der Waals surface area contributed by atoms with E-state index in [0.29, 0.717) is 12.8 Å². The van der Waals surface area contributed by atoms with Crippen molar-refractivity contribution in [3.05, 3.63) is 0 Å². The second-order valence-corrected chi connectivity index (χ2v) is 4.77. The number of likely N-dealkylation sites (tertiary alicyclic amines) is 1. The van der Waals surface area contributed by atoms with E-state index in [9.17, 15) is 27.2 Å². The van der Waals surface area contributed by atoms with Gasteiger partial charge >= 0.3 is 12.3 Å². The summed E-state index contributed by atoms with van der Waals surface area (Å²) >= 11 is 0. The molecule has 1 fully saturated rings. The Kier molecular flexibility index (Phi) is 5.50. The zero-order chi connectivity index (χ0) is 15.5. The third-order valence-electron chi connectivity index (χ3n) is 3.39. The fourth-order valence-electron chi connectivity index (χ4n) is 2.18. The molecule has 1 aliphatic rings.